The van der Waals surface area contributed by atoms with E-state index in [0.717, 1.165) is 12.8 Å². The molecular formula is C15H23NO4. The zero-order chi connectivity index (χ0) is 14.8. The number of hydrogen-bond donors (Lipinski definition) is 2. The minimum absolute atomic E-state index is 0.103. The van der Waals surface area contributed by atoms with E-state index in [1.165, 1.54) is 0 Å². The molecule has 5 nitrogen and oxygen atoms in total. The van der Waals surface area contributed by atoms with Gasteiger partial charge in [-0.1, -0.05) is 20.8 Å². The minimum Gasteiger partial charge on any atom is -0.481 e. The van der Waals surface area contributed by atoms with Gasteiger partial charge in [0, 0.05) is 18.9 Å². The Morgan fingerprint density at radius 2 is 2.00 bits per heavy atom. The predicted octanol–water partition coefficient (Wildman–Crippen LogP) is 1.56. The molecule has 5 heteroatoms. The minimum atomic E-state index is -0.854. The van der Waals surface area contributed by atoms with E-state index in [1.807, 2.05) is 0 Å². The Hall–Kier alpha value is -1.10. The Balaban J connectivity index is 1.52. The SMILES string of the molecule is CC(C)(C)C[C@@H]1C[C@H]1NC(=O)C12CC(C(=O)O)(CO1)C2. The maximum atomic E-state index is 12.3. The fraction of sp³-hybridized carbons (Fsp3) is 0.867. The summed E-state index contributed by atoms with van der Waals surface area (Å²) in [7, 11) is 0. The second kappa shape index (κ2) is 3.97. The molecule has 0 unspecified atom stereocenters. The van der Waals surface area contributed by atoms with Crippen LogP contribution < -0.4 is 5.32 Å². The van der Waals surface area contributed by atoms with E-state index in [9.17, 15) is 9.59 Å². The lowest BCUT2D eigenvalue weighted by Crippen LogP contribution is -2.57. The monoisotopic (exact) mass is 281 g/mol. The zero-order valence-corrected chi connectivity index (χ0v) is 12.4. The number of nitrogens with one attached hydrogen (secondary N) is 1. The molecular weight excluding hydrogens is 258 g/mol. The lowest BCUT2D eigenvalue weighted by molar-refractivity contribution is -0.158. The van der Waals surface area contributed by atoms with Gasteiger partial charge >= 0.3 is 5.97 Å². The second-order valence-electron chi connectivity index (χ2n) is 8.06. The number of fused-ring (bicyclic) bond motifs is 1. The molecule has 0 aromatic heterocycles. The van der Waals surface area contributed by atoms with Crippen LogP contribution in [0.2, 0.25) is 0 Å². The molecule has 2 atom stereocenters. The van der Waals surface area contributed by atoms with Crippen molar-refractivity contribution in [3.63, 3.8) is 0 Å². The average Bonchev–Trinajstić information content (AvgIpc) is 2.76. The maximum Gasteiger partial charge on any atom is 0.312 e. The highest BCUT2D eigenvalue weighted by molar-refractivity contribution is 5.92. The Morgan fingerprint density at radius 3 is 2.50 bits per heavy atom. The number of amides is 1. The third kappa shape index (κ3) is 2.12. The van der Waals surface area contributed by atoms with Crippen molar-refractivity contribution in [2.24, 2.45) is 16.7 Å². The molecule has 4 fully saturated rings. The first-order valence-electron chi connectivity index (χ1n) is 7.34. The molecule has 4 rings (SSSR count). The second-order valence-corrected chi connectivity index (χ2v) is 8.06. The Kier molecular flexibility index (Phi) is 2.75. The molecule has 2 saturated heterocycles. The third-order valence-corrected chi connectivity index (χ3v) is 4.85. The normalized spacial score (nSPS) is 42.0. The van der Waals surface area contributed by atoms with Gasteiger partial charge in [0.2, 0.25) is 0 Å². The van der Waals surface area contributed by atoms with Gasteiger partial charge in [-0.3, -0.25) is 9.59 Å². The van der Waals surface area contributed by atoms with E-state index in [0.29, 0.717) is 18.8 Å². The van der Waals surface area contributed by atoms with Crippen molar-refractivity contribution in [2.45, 2.75) is 58.1 Å². The van der Waals surface area contributed by atoms with Crippen molar-refractivity contribution in [3.8, 4) is 0 Å². The molecule has 1 amide bonds. The van der Waals surface area contributed by atoms with Crippen molar-refractivity contribution < 1.29 is 19.4 Å². The molecule has 2 aliphatic carbocycles. The fourth-order valence-corrected chi connectivity index (χ4v) is 3.70. The number of carbonyl (C=O) groups excluding carboxylic acids is 1. The fourth-order valence-electron chi connectivity index (χ4n) is 3.70. The number of rotatable bonds is 4. The van der Waals surface area contributed by atoms with Crippen molar-refractivity contribution in [2.75, 3.05) is 6.61 Å². The van der Waals surface area contributed by atoms with Gasteiger partial charge in [0.1, 0.15) is 5.60 Å². The van der Waals surface area contributed by atoms with Crippen LogP contribution >= 0.6 is 0 Å². The number of carboxylic acids is 1. The van der Waals surface area contributed by atoms with E-state index in [1.54, 1.807) is 0 Å². The molecule has 0 aromatic rings. The molecule has 0 spiro atoms. The highest BCUT2D eigenvalue weighted by atomic mass is 16.5. The van der Waals surface area contributed by atoms with Crippen LogP contribution in [0.5, 0.6) is 0 Å². The van der Waals surface area contributed by atoms with Gasteiger partial charge < -0.3 is 15.2 Å². The Morgan fingerprint density at radius 1 is 1.35 bits per heavy atom. The van der Waals surface area contributed by atoms with E-state index in [2.05, 4.69) is 26.1 Å². The van der Waals surface area contributed by atoms with Gasteiger partial charge in [-0.25, -0.2) is 0 Å². The van der Waals surface area contributed by atoms with Crippen LogP contribution in [0.3, 0.4) is 0 Å². The molecule has 0 aromatic carbocycles. The van der Waals surface area contributed by atoms with Crippen molar-refractivity contribution in [1.29, 1.82) is 0 Å². The van der Waals surface area contributed by atoms with Crippen LogP contribution in [0, 0.1) is 16.7 Å². The quantitative estimate of drug-likeness (QED) is 0.820. The van der Waals surface area contributed by atoms with Crippen molar-refractivity contribution in [1.82, 2.24) is 5.32 Å². The summed E-state index contributed by atoms with van der Waals surface area (Å²) < 4.78 is 5.51. The zero-order valence-electron chi connectivity index (χ0n) is 12.4. The van der Waals surface area contributed by atoms with Crippen LogP contribution in [-0.4, -0.2) is 35.2 Å². The summed E-state index contributed by atoms with van der Waals surface area (Å²) >= 11 is 0. The molecule has 2 saturated carbocycles. The van der Waals surface area contributed by atoms with Crippen LogP contribution in [0.1, 0.15) is 46.5 Å². The first-order chi connectivity index (χ1) is 9.16. The maximum absolute atomic E-state index is 12.3. The number of carboxylic acid groups (broad SMARTS) is 1. The number of carbonyl (C=O) groups is 2. The standard InChI is InChI=1S/C15H23NO4/c1-13(2,3)5-9-4-10(9)16-11(17)15-6-14(7-15,8-20-15)12(18)19/h9-10H,4-8H2,1-3H3,(H,16,17)(H,18,19)/t9-,10+,14?,15?/m0/s1. The number of aliphatic carboxylic acids is 1. The van der Waals surface area contributed by atoms with Crippen molar-refractivity contribution >= 4 is 11.9 Å². The lowest BCUT2D eigenvalue weighted by atomic mass is 9.62. The summed E-state index contributed by atoms with van der Waals surface area (Å²) in [6.07, 6.45) is 2.80. The molecule has 2 heterocycles. The average molecular weight is 281 g/mol. The van der Waals surface area contributed by atoms with Crippen molar-refractivity contribution in [3.05, 3.63) is 0 Å². The van der Waals surface area contributed by atoms with Gasteiger partial charge in [0.15, 0.2) is 0 Å². The van der Waals surface area contributed by atoms with Crippen LogP contribution in [-0.2, 0) is 14.3 Å². The molecule has 2 N–H and O–H groups in total. The molecule has 20 heavy (non-hydrogen) atoms. The third-order valence-electron chi connectivity index (χ3n) is 4.85. The van der Waals surface area contributed by atoms with E-state index < -0.39 is 17.0 Å². The smallest absolute Gasteiger partial charge is 0.312 e. The Labute approximate surface area is 119 Å². The van der Waals surface area contributed by atoms with Crippen LogP contribution in [0.15, 0.2) is 0 Å². The van der Waals surface area contributed by atoms with Crippen LogP contribution in [0.4, 0.5) is 0 Å². The highest BCUT2D eigenvalue weighted by Gasteiger charge is 2.70. The highest BCUT2D eigenvalue weighted by Crippen LogP contribution is 2.58. The first-order valence-corrected chi connectivity index (χ1v) is 7.34. The van der Waals surface area contributed by atoms with Crippen LogP contribution in [0.25, 0.3) is 0 Å². The lowest BCUT2D eigenvalue weighted by Gasteiger charge is -2.40. The molecule has 4 aliphatic rings. The topological polar surface area (TPSA) is 75.6 Å². The predicted molar refractivity (Wildman–Crippen MR) is 72.1 cm³/mol. The summed E-state index contributed by atoms with van der Waals surface area (Å²) in [5, 5.41) is 12.2. The van der Waals surface area contributed by atoms with E-state index >= 15 is 0 Å². The summed E-state index contributed by atoms with van der Waals surface area (Å²) in [6.45, 7) is 6.79. The van der Waals surface area contributed by atoms with Gasteiger partial charge in [0.25, 0.3) is 5.91 Å². The number of hydrogen-bond acceptors (Lipinski definition) is 3. The summed E-state index contributed by atoms with van der Waals surface area (Å²) in [5.41, 5.74) is -1.37. The summed E-state index contributed by atoms with van der Waals surface area (Å²) in [6, 6.07) is 0.250. The van der Waals surface area contributed by atoms with Gasteiger partial charge in [-0.2, -0.15) is 0 Å². The molecule has 112 valence electrons. The van der Waals surface area contributed by atoms with E-state index in [-0.39, 0.29) is 24.0 Å². The van der Waals surface area contributed by atoms with Gasteiger partial charge in [-0.05, 0) is 24.2 Å². The summed E-state index contributed by atoms with van der Waals surface area (Å²) in [5.74, 6) is -0.384. The van der Waals surface area contributed by atoms with Gasteiger partial charge in [0.05, 0.1) is 12.0 Å². The molecule has 2 bridgehead atoms. The first kappa shape index (κ1) is 13.9. The molecule has 2 aliphatic heterocycles. The van der Waals surface area contributed by atoms with Gasteiger partial charge in [-0.15, -0.1) is 0 Å². The Bertz CT molecular complexity index is 459. The van der Waals surface area contributed by atoms with E-state index in [4.69, 9.17) is 9.84 Å². The largest absolute Gasteiger partial charge is 0.481 e. The number of ether oxygens (including phenoxy) is 1. The summed E-state index contributed by atoms with van der Waals surface area (Å²) in [4.78, 5) is 23.5. The molecule has 0 radical (unpaired) electrons.